The van der Waals surface area contributed by atoms with Gasteiger partial charge in [0, 0.05) is 28.9 Å². The van der Waals surface area contributed by atoms with Crippen molar-refractivity contribution in [2.45, 2.75) is 38.0 Å². The van der Waals surface area contributed by atoms with Crippen LogP contribution in [-0.2, 0) is 29.9 Å². The van der Waals surface area contributed by atoms with E-state index >= 15 is 0 Å². The molecule has 7 nitrogen and oxygen atoms in total. The molecule has 1 N–H and O–H groups in total. The summed E-state index contributed by atoms with van der Waals surface area (Å²) < 4.78 is 12.4. The van der Waals surface area contributed by atoms with Crippen molar-refractivity contribution in [3.63, 3.8) is 0 Å². The zero-order valence-electron chi connectivity index (χ0n) is 16.3. The fourth-order valence-corrected chi connectivity index (χ4v) is 5.75. The first-order chi connectivity index (χ1) is 14.7. The highest BCUT2D eigenvalue weighted by Gasteiger charge is 2.18. The Kier molecular flexibility index (Phi) is 5.39. The second-order valence-corrected chi connectivity index (χ2v) is 9.39. The van der Waals surface area contributed by atoms with E-state index in [1.807, 2.05) is 18.2 Å². The highest BCUT2D eigenvalue weighted by atomic mass is 32.2. The zero-order valence-corrected chi connectivity index (χ0v) is 17.9. The van der Waals surface area contributed by atoms with Crippen molar-refractivity contribution in [2.75, 3.05) is 12.5 Å². The molecule has 156 valence electrons. The first-order valence-corrected chi connectivity index (χ1v) is 11.9. The van der Waals surface area contributed by atoms with Gasteiger partial charge >= 0.3 is 0 Å². The molecule has 0 saturated carbocycles. The molecule has 3 heterocycles. The summed E-state index contributed by atoms with van der Waals surface area (Å²) in [5.74, 6) is 2.23. The van der Waals surface area contributed by atoms with Gasteiger partial charge in [0.05, 0.1) is 11.4 Å². The molecule has 0 atom stereocenters. The molecule has 0 saturated heterocycles. The minimum atomic E-state index is -0.0537. The molecule has 1 aliphatic heterocycles. The summed E-state index contributed by atoms with van der Waals surface area (Å²) >= 11 is 3.09. The van der Waals surface area contributed by atoms with Gasteiger partial charge in [-0.05, 0) is 43.4 Å². The minimum absolute atomic E-state index is 0.0118. The Morgan fingerprint density at radius 3 is 3.00 bits per heavy atom. The number of hydrogen-bond donors (Lipinski definition) is 1. The van der Waals surface area contributed by atoms with Crippen LogP contribution in [0.5, 0.6) is 11.5 Å². The third kappa shape index (κ3) is 3.91. The number of hydrogen-bond acceptors (Lipinski definition) is 7. The van der Waals surface area contributed by atoms with Gasteiger partial charge in [0.2, 0.25) is 12.7 Å². The number of fused-ring (bicyclic) bond motifs is 4. The lowest BCUT2D eigenvalue weighted by Crippen LogP contribution is -2.24. The van der Waals surface area contributed by atoms with Crippen LogP contribution in [0.25, 0.3) is 4.96 Å². The van der Waals surface area contributed by atoms with Gasteiger partial charge in [-0.2, -0.15) is 0 Å². The fraction of sp³-hybridized carbons (Fsp3) is 0.381. The third-order valence-electron chi connectivity index (χ3n) is 5.22. The molecule has 2 aromatic heterocycles. The van der Waals surface area contributed by atoms with Crippen molar-refractivity contribution in [3.05, 3.63) is 56.4 Å². The molecule has 9 heteroatoms. The molecule has 0 unspecified atom stereocenters. The largest absolute Gasteiger partial charge is 0.454 e. The Balaban J connectivity index is 1.16. The van der Waals surface area contributed by atoms with Crippen LogP contribution in [0.1, 0.15) is 34.7 Å². The van der Waals surface area contributed by atoms with E-state index < -0.39 is 0 Å². The fourth-order valence-electron chi connectivity index (χ4n) is 3.77. The van der Waals surface area contributed by atoms with E-state index in [-0.39, 0.29) is 18.3 Å². The summed E-state index contributed by atoms with van der Waals surface area (Å²) in [4.78, 5) is 31.5. The third-order valence-corrected chi connectivity index (χ3v) is 7.33. The summed E-state index contributed by atoms with van der Waals surface area (Å²) in [6.45, 7) is 0.668. The number of aryl methyl sites for hydroxylation is 2. The van der Waals surface area contributed by atoms with Gasteiger partial charge in [0.15, 0.2) is 16.5 Å². The minimum Gasteiger partial charge on any atom is -0.454 e. The number of benzene rings is 1. The Bertz CT molecular complexity index is 1170. The van der Waals surface area contributed by atoms with E-state index in [0.29, 0.717) is 23.8 Å². The van der Waals surface area contributed by atoms with Gasteiger partial charge in [0.1, 0.15) is 0 Å². The van der Waals surface area contributed by atoms with Gasteiger partial charge in [-0.3, -0.25) is 14.0 Å². The number of nitrogens with zero attached hydrogens (tertiary/aromatic N) is 2. The van der Waals surface area contributed by atoms with Crippen LogP contribution in [0.2, 0.25) is 0 Å². The van der Waals surface area contributed by atoms with Crippen LogP contribution in [-0.4, -0.2) is 27.8 Å². The first kappa shape index (κ1) is 19.4. The Morgan fingerprint density at radius 1 is 1.20 bits per heavy atom. The first-order valence-electron chi connectivity index (χ1n) is 9.93. The average Bonchev–Trinajstić information content (AvgIpc) is 3.36. The number of carbonyl (C=O) groups excluding carboxylic acids is 1. The average molecular weight is 444 g/mol. The SMILES string of the molecule is O=C(CSCc1cc(=O)n2c3c(sc2n1)CCCC3)NCc1ccc2c(c1)OCO2. The van der Waals surface area contributed by atoms with Crippen molar-refractivity contribution >= 4 is 34.0 Å². The number of rotatable bonds is 6. The molecule has 3 aromatic rings. The van der Waals surface area contributed by atoms with E-state index in [4.69, 9.17) is 9.47 Å². The van der Waals surface area contributed by atoms with Crippen LogP contribution in [0.15, 0.2) is 29.1 Å². The number of aromatic nitrogens is 2. The molecule has 0 radical (unpaired) electrons. The summed E-state index contributed by atoms with van der Waals surface area (Å²) in [5.41, 5.74) is 2.81. The highest BCUT2D eigenvalue weighted by molar-refractivity contribution is 7.99. The molecule has 1 aliphatic carbocycles. The van der Waals surface area contributed by atoms with Crippen LogP contribution >= 0.6 is 23.1 Å². The number of ether oxygens (including phenoxy) is 2. The van der Waals surface area contributed by atoms with E-state index in [2.05, 4.69) is 10.3 Å². The van der Waals surface area contributed by atoms with Crippen LogP contribution in [0.4, 0.5) is 0 Å². The van der Waals surface area contributed by atoms with Crippen LogP contribution < -0.4 is 20.3 Å². The van der Waals surface area contributed by atoms with Crippen LogP contribution in [0, 0.1) is 0 Å². The van der Waals surface area contributed by atoms with Crippen molar-refractivity contribution in [1.82, 2.24) is 14.7 Å². The van der Waals surface area contributed by atoms with E-state index in [0.717, 1.165) is 46.9 Å². The monoisotopic (exact) mass is 443 g/mol. The van der Waals surface area contributed by atoms with E-state index in [1.165, 1.54) is 23.1 Å². The van der Waals surface area contributed by atoms with Gasteiger partial charge in [-0.15, -0.1) is 23.1 Å². The maximum atomic E-state index is 12.6. The molecule has 5 rings (SSSR count). The molecule has 0 fully saturated rings. The molecule has 1 amide bonds. The van der Waals surface area contributed by atoms with Gasteiger partial charge in [0.25, 0.3) is 5.56 Å². The van der Waals surface area contributed by atoms with Gasteiger partial charge < -0.3 is 14.8 Å². The number of thiazole rings is 1. The summed E-state index contributed by atoms with van der Waals surface area (Å²) in [6, 6.07) is 7.24. The van der Waals surface area contributed by atoms with Crippen LogP contribution in [0.3, 0.4) is 0 Å². The van der Waals surface area contributed by atoms with Gasteiger partial charge in [-0.1, -0.05) is 6.07 Å². The van der Waals surface area contributed by atoms with Crippen molar-refractivity contribution in [3.8, 4) is 11.5 Å². The molecular weight excluding hydrogens is 422 g/mol. The zero-order chi connectivity index (χ0) is 20.5. The summed E-state index contributed by atoms with van der Waals surface area (Å²) in [6.07, 6.45) is 4.30. The molecular formula is C21H21N3O4S2. The summed E-state index contributed by atoms with van der Waals surface area (Å²) in [5, 5.41) is 2.91. The van der Waals surface area contributed by atoms with Crippen molar-refractivity contribution < 1.29 is 14.3 Å². The lowest BCUT2D eigenvalue weighted by Gasteiger charge is -2.10. The normalized spacial score (nSPS) is 14.7. The quantitative estimate of drug-likeness (QED) is 0.631. The topological polar surface area (TPSA) is 81.9 Å². The number of thioether (sulfide) groups is 1. The predicted octanol–water partition coefficient (Wildman–Crippen LogP) is 2.91. The Morgan fingerprint density at radius 2 is 2.07 bits per heavy atom. The molecule has 2 aliphatic rings. The smallest absolute Gasteiger partial charge is 0.259 e. The maximum absolute atomic E-state index is 12.6. The molecule has 0 spiro atoms. The standard InChI is InChI=1S/C21H21N3O4S2/c25-19(22-9-13-5-6-16-17(7-13)28-12-27-16)11-29-10-14-8-20(26)24-15-3-1-2-4-18(15)30-21(24)23-14/h5-8H,1-4,9-12H2,(H,22,25). The second kappa shape index (κ2) is 8.31. The Hall–Kier alpha value is -2.52. The number of carbonyl (C=O) groups is 1. The Labute approximate surface area is 181 Å². The highest BCUT2D eigenvalue weighted by Crippen LogP contribution is 2.32. The van der Waals surface area contributed by atoms with Crippen molar-refractivity contribution in [1.29, 1.82) is 0 Å². The molecule has 0 bridgehead atoms. The number of amides is 1. The van der Waals surface area contributed by atoms with E-state index in [9.17, 15) is 9.59 Å². The summed E-state index contributed by atoms with van der Waals surface area (Å²) in [7, 11) is 0. The maximum Gasteiger partial charge on any atom is 0.259 e. The second-order valence-electron chi connectivity index (χ2n) is 7.34. The molecule has 30 heavy (non-hydrogen) atoms. The van der Waals surface area contributed by atoms with Gasteiger partial charge in [-0.25, -0.2) is 4.98 Å². The lowest BCUT2D eigenvalue weighted by molar-refractivity contribution is -0.118. The van der Waals surface area contributed by atoms with E-state index in [1.54, 1.807) is 21.8 Å². The molecule has 1 aromatic carbocycles. The van der Waals surface area contributed by atoms with Crippen molar-refractivity contribution in [2.24, 2.45) is 0 Å². The lowest BCUT2D eigenvalue weighted by atomic mass is 10.0. The predicted molar refractivity (Wildman–Crippen MR) is 117 cm³/mol. The number of nitrogens with one attached hydrogen (secondary N) is 1.